The molecule has 11 heteroatoms. The van der Waals surface area contributed by atoms with Gasteiger partial charge in [-0.05, 0) is 37.3 Å². The lowest BCUT2D eigenvalue weighted by Crippen LogP contribution is -2.68. The number of fused-ring (bicyclic) bond motifs is 1. The number of nitrogens with one attached hydrogen (secondary N) is 2. The molecule has 4 aliphatic rings. The Hall–Kier alpha value is -3.89. The molecule has 1 saturated heterocycles. The monoisotopic (exact) mass is 469 g/mol. The standard InChI is InChI=1S/C23H18F3N5O3/c24-12-5-15(25)18(16(26)6-12)31-10-14(21(33)29-23-7-11(8-23)9-23)19(32)13-1-2-17(28-20(13)31)30-4-3-27-22(30)34/h1-2,5-6,10-11H,3-4,7-9H2,(H,27,34)(H,29,33). The van der Waals surface area contributed by atoms with Crippen molar-refractivity contribution in [1.29, 1.82) is 0 Å². The van der Waals surface area contributed by atoms with Crippen LogP contribution in [-0.2, 0) is 0 Å². The molecule has 8 nitrogen and oxygen atoms in total. The molecule has 3 aromatic rings. The van der Waals surface area contributed by atoms with Crippen molar-refractivity contribution in [3.8, 4) is 5.69 Å². The van der Waals surface area contributed by atoms with Crippen molar-refractivity contribution in [2.24, 2.45) is 5.92 Å². The summed E-state index contributed by atoms with van der Waals surface area (Å²) in [5.41, 5.74) is -2.17. The van der Waals surface area contributed by atoms with Gasteiger partial charge in [-0.15, -0.1) is 0 Å². The van der Waals surface area contributed by atoms with E-state index in [0.29, 0.717) is 31.1 Å². The zero-order valence-electron chi connectivity index (χ0n) is 17.7. The third-order valence-corrected chi connectivity index (χ3v) is 6.85. The van der Waals surface area contributed by atoms with Crippen LogP contribution in [0, 0.1) is 23.4 Å². The summed E-state index contributed by atoms with van der Waals surface area (Å²) in [6.45, 7) is 0.693. The van der Waals surface area contributed by atoms with E-state index in [2.05, 4.69) is 15.6 Å². The second-order valence-electron chi connectivity index (χ2n) is 9.10. The minimum atomic E-state index is -1.24. The SMILES string of the molecule is O=C(NC12CC(C1)C2)c1cn(-c2c(F)cc(F)cc2F)c2nc(N3CCNC3=O)ccc2c1=O. The van der Waals surface area contributed by atoms with Crippen LogP contribution in [0.1, 0.15) is 29.6 Å². The van der Waals surface area contributed by atoms with E-state index in [-0.39, 0.29) is 28.0 Å². The van der Waals surface area contributed by atoms with Crippen molar-refractivity contribution in [2.75, 3.05) is 18.0 Å². The number of halogens is 3. The molecule has 1 aliphatic heterocycles. The van der Waals surface area contributed by atoms with Crippen molar-refractivity contribution in [3.63, 3.8) is 0 Å². The lowest BCUT2D eigenvalue weighted by Gasteiger charge is -2.61. The summed E-state index contributed by atoms with van der Waals surface area (Å²) in [6, 6.07) is 3.39. The number of carbonyl (C=O) groups is 2. The summed E-state index contributed by atoms with van der Waals surface area (Å²) >= 11 is 0. The first-order valence-electron chi connectivity index (χ1n) is 10.8. The zero-order valence-corrected chi connectivity index (χ0v) is 17.7. The number of nitrogens with zero attached hydrogens (tertiary/aromatic N) is 3. The Balaban J connectivity index is 1.56. The molecule has 1 aromatic carbocycles. The fourth-order valence-electron chi connectivity index (χ4n) is 5.07. The molecule has 7 rings (SSSR count). The van der Waals surface area contributed by atoms with Gasteiger partial charge < -0.3 is 10.6 Å². The molecule has 0 unspecified atom stereocenters. The van der Waals surface area contributed by atoms with Crippen LogP contribution in [0.2, 0.25) is 0 Å². The highest BCUT2D eigenvalue weighted by molar-refractivity contribution is 5.99. The van der Waals surface area contributed by atoms with Gasteiger partial charge in [-0.1, -0.05) is 0 Å². The van der Waals surface area contributed by atoms with Gasteiger partial charge >= 0.3 is 6.03 Å². The molecule has 4 fully saturated rings. The Bertz CT molecular complexity index is 1430. The molecule has 2 aromatic heterocycles. The summed E-state index contributed by atoms with van der Waals surface area (Å²) in [6.07, 6.45) is 3.53. The van der Waals surface area contributed by atoms with Crippen molar-refractivity contribution in [3.05, 3.63) is 63.7 Å². The maximum Gasteiger partial charge on any atom is 0.323 e. The Morgan fingerprint density at radius 1 is 1.12 bits per heavy atom. The minimum Gasteiger partial charge on any atom is -0.346 e. The third kappa shape index (κ3) is 2.99. The molecule has 34 heavy (non-hydrogen) atoms. The molecule has 0 atom stereocenters. The highest BCUT2D eigenvalue weighted by Crippen LogP contribution is 2.56. The normalized spacial score (nSPS) is 22.9. The molecule has 3 amide bonds. The largest absolute Gasteiger partial charge is 0.346 e. The van der Waals surface area contributed by atoms with E-state index in [1.54, 1.807) is 0 Å². The fourth-order valence-corrected chi connectivity index (χ4v) is 5.07. The molecule has 3 saturated carbocycles. The average Bonchev–Trinajstić information content (AvgIpc) is 3.16. The van der Waals surface area contributed by atoms with E-state index in [1.807, 2.05) is 0 Å². The van der Waals surface area contributed by atoms with E-state index in [0.717, 1.165) is 30.0 Å². The van der Waals surface area contributed by atoms with E-state index in [4.69, 9.17) is 0 Å². The van der Waals surface area contributed by atoms with E-state index in [9.17, 15) is 27.6 Å². The van der Waals surface area contributed by atoms with Crippen LogP contribution < -0.4 is 21.0 Å². The van der Waals surface area contributed by atoms with E-state index in [1.165, 1.54) is 17.0 Å². The molecule has 0 radical (unpaired) electrons. The number of amides is 3. The molecule has 3 heterocycles. The molecular formula is C23H18F3N5O3. The first-order chi connectivity index (χ1) is 16.2. The number of benzene rings is 1. The van der Waals surface area contributed by atoms with Gasteiger partial charge in [-0.2, -0.15) is 0 Å². The van der Waals surface area contributed by atoms with Gasteiger partial charge in [0, 0.05) is 37.0 Å². The lowest BCUT2D eigenvalue weighted by atomic mass is 9.50. The second-order valence-corrected chi connectivity index (χ2v) is 9.10. The lowest BCUT2D eigenvalue weighted by molar-refractivity contribution is -0.0438. The first-order valence-corrected chi connectivity index (χ1v) is 10.8. The van der Waals surface area contributed by atoms with Crippen molar-refractivity contribution < 1.29 is 22.8 Å². The summed E-state index contributed by atoms with van der Waals surface area (Å²) in [5.74, 6) is -3.50. The van der Waals surface area contributed by atoms with Gasteiger partial charge in [0.05, 0.1) is 5.39 Å². The Labute approximate surface area is 190 Å². The van der Waals surface area contributed by atoms with Crippen LogP contribution in [0.3, 0.4) is 0 Å². The average molecular weight is 469 g/mol. The number of carbonyl (C=O) groups excluding carboxylic acids is 2. The topological polar surface area (TPSA) is 96.3 Å². The maximum absolute atomic E-state index is 14.8. The molecular weight excluding hydrogens is 451 g/mol. The van der Waals surface area contributed by atoms with Crippen molar-refractivity contribution in [2.45, 2.75) is 24.8 Å². The van der Waals surface area contributed by atoms with Crippen LogP contribution in [0.25, 0.3) is 16.7 Å². The van der Waals surface area contributed by atoms with E-state index < -0.39 is 40.5 Å². The van der Waals surface area contributed by atoms with Crippen LogP contribution >= 0.6 is 0 Å². The summed E-state index contributed by atoms with van der Waals surface area (Å²) in [5, 5.41) is 5.43. The van der Waals surface area contributed by atoms with Crippen LogP contribution in [0.5, 0.6) is 0 Å². The van der Waals surface area contributed by atoms with Crippen LogP contribution in [-0.4, -0.2) is 40.1 Å². The van der Waals surface area contributed by atoms with Crippen molar-refractivity contribution >= 4 is 28.8 Å². The Morgan fingerprint density at radius 3 is 2.41 bits per heavy atom. The Morgan fingerprint density at radius 2 is 1.82 bits per heavy atom. The molecule has 174 valence electrons. The number of pyridine rings is 2. The number of rotatable bonds is 4. The quantitative estimate of drug-likeness (QED) is 0.614. The zero-order chi connectivity index (χ0) is 23.8. The minimum absolute atomic E-state index is 0.0725. The molecule has 2 N–H and O–H groups in total. The second kappa shape index (κ2) is 7.05. The predicted octanol–water partition coefficient (Wildman–Crippen LogP) is 2.61. The smallest absolute Gasteiger partial charge is 0.323 e. The number of hydrogen-bond donors (Lipinski definition) is 2. The molecule has 0 spiro atoms. The van der Waals surface area contributed by atoms with Crippen molar-refractivity contribution in [1.82, 2.24) is 20.2 Å². The number of hydrogen-bond acceptors (Lipinski definition) is 4. The third-order valence-electron chi connectivity index (χ3n) is 6.85. The molecule has 3 aliphatic carbocycles. The van der Waals surface area contributed by atoms with Gasteiger partial charge in [0.1, 0.15) is 22.9 Å². The summed E-state index contributed by atoms with van der Waals surface area (Å²) < 4.78 is 44.1. The van der Waals surface area contributed by atoms with Crippen LogP contribution in [0.4, 0.5) is 23.8 Å². The predicted molar refractivity (Wildman–Crippen MR) is 115 cm³/mol. The van der Waals surface area contributed by atoms with Gasteiger partial charge in [0.2, 0.25) is 5.43 Å². The van der Waals surface area contributed by atoms with Gasteiger partial charge in [-0.25, -0.2) is 22.9 Å². The molecule has 2 bridgehead atoms. The van der Waals surface area contributed by atoms with Gasteiger partial charge in [0.15, 0.2) is 17.3 Å². The first kappa shape index (κ1) is 20.7. The number of urea groups is 1. The fraction of sp³-hybridized carbons (Fsp3) is 0.304. The van der Waals surface area contributed by atoms with Gasteiger partial charge in [-0.3, -0.25) is 19.1 Å². The number of anilines is 1. The highest BCUT2D eigenvalue weighted by atomic mass is 19.1. The summed E-state index contributed by atoms with van der Waals surface area (Å²) in [7, 11) is 0. The van der Waals surface area contributed by atoms with Gasteiger partial charge in [0.25, 0.3) is 5.91 Å². The van der Waals surface area contributed by atoms with E-state index >= 15 is 0 Å². The maximum atomic E-state index is 14.8. The summed E-state index contributed by atoms with van der Waals surface area (Å²) in [4.78, 5) is 44.0. The number of aromatic nitrogens is 2. The highest BCUT2D eigenvalue weighted by Gasteiger charge is 2.57. The Kier molecular flexibility index (Phi) is 4.29. The van der Waals surface area contributed by atoms with Crippen LogP contribution in [0.15, 0.2) is 35.3 Å².